The Balaban J connectivity index is 3.23. The molecule has 0 heterocycles. The Hall–Kier alpha value is -6.15. The summed E-state index contributed by atoms with van der Waals surface area (Å²) >= 11 is 0. The van der Waals surface area contributed by atoms with Gasteiger partial charge in [0.05, 0.1) is 12.0 Å². The van der Waals surface area contributed by atoms with E-state index >= 15 is 0 Å². The van der Waals surface area contributed by atoms with E-state index in [1.807, 2.05) is 0 Å². The average molecular weight is 693 g/mol. The van der Waals surface area contributed by atoms with Crippen molar-refractivity contribution >= 4 is 59.1 Å². The molecule has 4 atom stereocenters. The van der Waals surface area contributed by atoms with E-state index in [0.717, 1.165) is 0 Å². The number of benzene rings is 1. The summed E-state index contributed by atoms with van der Waals surface area (Å²) in [4.78, 5) is 95.2. The van der Waals surface area contributed by atoms with Crippen LogP contribution in [0.3, 0.4) is 0 Å². The van der Waals surface area contributed by atoms with Crippen LogP contribution < -0.4 is 55.7 Å². The highest BCUT2D eigenvalue weighted by Crippen LogP contribution is 2.12. The molecule has 0 unspecified atom stereocenters. The molecule has 1 aromatic rings. The van der Waals surface area contributed by atoms with Crippen molar-refractivity contribution in [2.45, 2.75) is 69.1 Å². The third-order valence-corrected chi connectivity index (χ3v) is 6.66. The van der Waals surface area contributed by atoms with Gasteiger partial charge in [0.15, 0.2) is 11.9 Å². The molecule has 0 aliphatic rings. The number of anilines is 1. The van der Waals surface area contributed by atoms with Gasteiger partial charge in [-0.05, 0) is 44.2 Å². The van der Waals surface area contributed by atoms with Gasteiger partial charge in [-0.15, -0.1) is 0 Å². The zero-order valence-corrected chi connectivity index (χ0v) is 26.6. The summed E-state index contributed by atoms with van der Waals surface area (Å²) in [5, 5.41) is 28.2. The highest BCUT2D eigenvalue weighted by molar-refractivity contribution is 6.02. The smallest absolute Gasteiger partial charge is 0.326 e. The first kappa shape index (κ1) is 40.9. The van der Waals surface area contributed by atoms with E-state index in [0.29, 0.717) is 0 Å². The lowest BCUT2D eigenvalue weighted by Crippen LogP contribution is -2.58. The molecule has 270 valence electrons. The average Bonchev–Trinajstić information content (AvgIpc) is 3.00. The van der Waals surface area contributed by atoms with Gasteiger partial charge in [-0.1, -0.05) is 12.1 Å². The number of hydrogen-bond donors (Lipinski definition) is 12. The van der Waals surface area contributed by atoms with E-state index in [-0.39, 0.29) is 61.9 Å². The second kappa shape index (κ2) is 20.9. The quantitative estimate of drug-likeness (QED) is 0.0237. The Morgan fingerprint density at radius 2 is 1.12 bits per heavy atom. The van der Waals surface area contributed by atoms with Crippen molar-refractivity contribution in [3.8, 4) is 0 Å². The molecular weight excluding hydrogens is 648 g/mol. The van der Waals surface area contributed by atoms with Gasteiger partial charge in [0.2, 0.25) is 23.6 Å². The molecule has 0 aliphatic heterocycles. The van der Waals surface area contributed by atoms with Crippen LogP contribution in [0.5, 0.6) is 0 Å². The molecule has 18 N–H and O–H groups in total. The van der Waals surface area contributed by atoms with E-state index in [4.69, 9.17) is 34.4 Å². The molecule has 0 spiro atoms. The monoisotopic (exact) mass is 692 g/mol. The molecule has 0 saturated heterocycles. The van der Waals surface area contributed by atoms with Crippen molar-refractivity contribution in [1.29, 1.82) is 0 Å². The third kappa shape index (κ3) is 16.3. The maximum Gasteiger partial charge on any atom is 0.326 e. The highest BCUT2D eigenvalue weighted by Gasteiger charge is 2.32. The largest absolute Gasteiger partial charge is 0.481 e. The molecular formula is C28H44N12O9. The molecule has 0 bridgehead atoms. The number of carbonyl (C=O) groups excluding carboxylic acids is 5. The van der Waals surface area contributed by atoms with Crippen LogP contribution >= 0.6 is 0 Å². The van der Waals surface area contributed by atoms with Crippen LogP contribution in [0.2, 0.25) is 0 Å². The van der Waals surface area contributed by atoms with Gasteiger partial charge < -0.3 is 65.9 Å². The molecule has 0 fully saturated rings. The lowest BCUT2D eigenvalue weighted by molar-refractivity contribution is -0.143. The number of primary amides is 1. The summed E-state index contributed by atoms with van der Waals surface area (Å²) in [6, 6.07) is -0.121. The van der Waals surface area contributed by atoms with Gasteiger partial charge in [0.1, 0.15) is 24.2 Å². The van der Waals surface area contributed by atoms with Crippen molar-refractivity contribution < 1.29 is 43.8 Å². The van der Waals surface area contributed by atoms with Crippen molar-refractivity contribution in [2.24, 2.45) is 38.7 Å². The number of guanidine groups is 2. The number of amides is 5. The Labute approximate surface area is 280 Å². The number of hydrogen-bond acceptors (Lipinski definition) is 10. The van der Waals surface area contributed by atoms with E-state index in [1.165, 1.54) is 12.1 Å². The summed E-state index contributed by atoms with van der Waals surface area (Å²) in [5.41, 5.74) is 32.5. The number of carboxylic acids is 2. The molecule has 21 nitrogen and oxygen atoms in total. The predicted octanol–water partition coefficient (Wildman–Crippen LogP) is -4.25. The fraction of sp³-hybridized carbons (Fsp3) is 0.464. The molecule has 0 radical (unpaired) electrons. The maximum atomic E-state index is 13.5. The molecule has 0 aliphatic carbocycles. The number of aliphatic carboxylic acids is 2. The van der Waals surface area contributed by atoms with E-state index < -0.39 is 84.9 Å². The number of nitrogens with one attached hydrogen (secondary N) is 4. The minimum atomic E-state index is -1.81. The maximum absolute atomic E-state index is 13.5. The Kier molecular flexibility index (Phi) is 17.4. The topological polar surface area (TPSA) is 389 Å². The number of carboxylic acid groups (broad SMARTS) is 2. The van der Waals surface area contributed by atoms with Crippen LogP contribution in [-0.4, -0.2) is 101 Å². The van der Waals surface area contributed by atoms with Crippen LogP contribution in [0, 0.1) is 0 Å². The first-order valence-electron chi connectivity index (χ1n) is 14.9. The van der Waals surface area contributed by atoms with Gasteiger partial charge in [-0.3, -0.25) is 38.8 Å². The summed E-state index contributed by atoms with van der Waals surface area (Å²) in [5.74, 6) is -8.13. The molecule has 5 amide bonds. The Morgan fingerprint density at radius 3 is 1.61 bits per heavy atom. The van der Waals surface area contributed by atoms with Crippen LogP contribution in [0.4, 0.5) is 5.69 Å². The number of nitrogens with two attached hydrogens (primary N) is 6. The fourth-order valence-corrected chi connectivity index (χ4v) is 4.23. The van der Waals surface area contributed by atoms with Crippen molar-refractivity contribution in [2.75, 3.05) is 18.8 Å². The number of rotatable bonds is 22. The molecule has 0 aromatic heterocycles. The number of para-hydroxylation sites is 1. The van der Waals surface area contributed by atoms with Crippen LogP contribution in [0.1, 0.15) is 55.3 Å². The molecule has 1 aromatic carbocycles. The fourth-order valence-electron chi connectivity index (χ4n) is 4.23. The van der Waals surface area contributed by atoms with Crippen molar-refractivity contribution in [3.05, 3.63) is 29.8 Å². The molecule has 21 heteroatoms. The summed E-state index contributed by atoms with van der Waals surface area (Å²) in [7, 11) is 0. The lowest BCUT2D eigenvalue weighted by Gasteiger charge is -2.25. The molecule has 49 heavy (non-hydrogen) atoms. The zero-order chi connectivity index (χ0) is 37.1. The molecule has 0 saturated carbocycles. The number of aliphatic imine (C=N–C) groups is 2. The summed E-state index contributed by atoms with van der Waals surface area (Å²) in [6.07, 6.45) is -1.65. The van der Waals surface area contributed by atoms with Crippen molar-refractivity contribution in [3.63, 3.8) is 0 Å². The van der Waals surface area contributed by atoms with E-state index in [9.17, 15) is 43.8 Å². The number of nitrogens with zero attached hydrogens (tertiary/aromatic N) is 2. The third-order valence-electron chi connectivity index (χ3n) is 6.66. The first-order valence-corrected chi connectivity index (χ1v) is 14.9. The van der Waals surface area contributed by atoms with Gasteiger partial charge in [-0.2, -0.15) is 0 Å². The van der Waals surface area contributed by atoms with Crippen molar-refractivity contribution in [1.82, 2.24) is 21.3 Å². The Morgan fingerprint density at radius 1 is 0.653 bits per heavy atom. The second-order valence-electron chi connectivity index (χ2n) is 10.6. The molecule has 1 rings (SSSR count). The lowest BCUT2D eigenvalue weighted by atomic mass is 10.0. The van der Waals surface area contributed by atoms with E-state index in [2.05, 4.69) is 31.3 Å². The summed E-state index contributed by atoms with van der Waals surface area (Å²) < 4.78 is 0. The number of carbonyl (C=O) groups is 7. The first-order chi connectivity index (χ1) is 23.0. The second-order valence-corrected chi connectivity index (χ2v) is 10.6. The minimum absolute atomic E-state index is 0.0327. The minimum Gasteiger partial charge on any atom is -0.481 e. The van der Waals surface area contributed by atoms with Gasteiger partial charge in [-0.25, -0.2) is 4.79 Å². The Bertz CT molecular complexity index is 1410. The van der Waals surface area contributed by atoms with Gasteiger partial charge in [0, 0.05) is 25.2 Å². The van der Waals surface area contributed by atoms with Gasteiger partial charge >= 0.3 is 11.9 Å². The SMILES string of the molecule is NC(=O)CC[C@H](NC(=O)[C@H](CCCN=C(N)N)NC(=O)c1ccccc1N)C(=O)N[C@@H](CC(=O)O)C(=O)N[C@@H](CCCN=C(N)N)C(=O)O. The highest BCUT2D eigenvalue weighted by atomic mass is 16.4. The van der Waals surface area contributed by atoms with E-state index in [1.54, 1.807) is 12.1 Å². The normalized spacial score (nSPS) is 12.9. The van der Waals surface area contributed by atoms with Crippen LogP contribution in [0.25, 0.3) is 0 Å². The van der Waals surface area contributed by atoms with Crippen LogP contribution in [-0.2, 0) is 28.8 Å². The van der Waals surface area contributed by atoms with Gasteiger partial charge in [0.25, 0.3) is 5.91 Å². The standard InChI is InChI=1S/C28H44N12O9/c29-15-6-2-1-5-14(15)22(44)37-16(7-3-11-35-27(31)32)23(45)38-17(9-10-20(30)41)24(46)40-19(13-21(42)43)25(47)39-18(26(48)49)8-4-12-36-28(33)34/h1-2,5-6,16-19H,3-4,7-13,29H2,(H2,30,41)(H,37,44)(H,38,45)(H,39,47)(H,40,46)(H,42,43)(H,48,49)(H4,31,32,35)(H4,33,34,36)/t16-,17-,18-,19-/m0/s1. The predicted molar refractivity (Wildman–Crippen MR) is 176 cm³/mol. The zero-order valence-electron chi connectivity index (χ0n) is 26.6. The number of nitrogen functional groups attached to an aromatic ring is 1. The summed E-state index contributed by atoms with van der Waals surface area (Å²) in [6.45, 7) is 0.131. The van der Waals surface area contributed by atoms with Crippen LogP contribution in [0.15, 0.2) is 34.3 Å².